The Balaban J connectivity index is 3.00. The predicted octanol–water partition coefficient (Wildman–Crippen LogP) is 0.618. The molecular weight excluding hydrogens is 231 g/mol. The average Bonchev–Trinajstić information content (AvgIpc) is 2.42. The summed E-state index contributed by atoms with van der Waals surface area (Å²) in [7, 11) is 0. The molecule has 1 heterocycles. The van der Waals surface area contributed by atoms with Crippen molar-refractivity contribution in [3.8, 4) is 0 Å². The number of nitrogens with zero attached hydrogens (tertiary/aromatic N) is 1. The van der Waals surface area contributed by atoms with Crippen LogP contribution in [0.1, 0.15) is 13.8 Å². The van der Waals surface area contributed by atoms with Crippen LogP contribution in [0.4, 0.5) is 13.2 Å². The van der Waals surface area contributed by atoms with Crippen molar-refractivity contribution in [2.24, 2.45) is 4.99 Å². The minimum atomic E-state index is -5.11. The van der Waals surface area contributed by atoms with Crippen molar-refractivity contribution in [2.45, 2.75) is 31.9 Å². The van der Waals surface area contributed by atoms with E-state index in [0.717, 1.165) is 6.92 Å². The van der Waals surface area contributed by atoms with Crippen molar-refractivity contribution in [2.75, 3.05) is 6.61 Å². The normalized spacial score (nSPS) is 29.6. The number of halogens is 3. The molecule has 0 bridgehead atoms. The Morgan fingerprint density at radius 3 is 2.69 bits per heavy atom. The van der Waals surface area contributed by atoms with Gasteiger partial charge in [0.25, 0.3) is 6.10 Å². The third-order valence-corrected chi connectivity index (χ3v) is 1.90. The van der Waals surface area contributed by atoms with E-state index in [1.807, 2.05) is 0 Å². The van der Waals surface area contributed by atoms with Crippen LogP contribution in [-0.4, -0.2) is 41.6 Å². The highest BCUT2D eigenvalue weighted by Gasteiger charge is 2.66. The molecule has 0 saturated carbocycles. The van der Waals surface area contributed by atoms with Crippen molar-refractivity contribution in [3.05, 3.63) is 0 Å². The summed E-state index contributed by atoms with van der Waals surface area (Å²) in [6.07, 6.45) is -7.31. The minimum absolute atomic E-state index is 0.119. The van der Waals surface area contributed by atoms with Crippen molar-refractivity contribution in [1.29, 1.82) is 0 Å². The molecule has 5 nitrogen and oxygen atoms in total. The lowest BCUT2D eigenvalue weighted by Gasteiger charge is -2.26. The minimum Gasteiger partial charge on any atom is -0.463 e. The molecule has 1 aliphatic rings. The molecule has 16 heavy (non-hydrogen) atoms. The van der Waals surface area contributed by atoms with E-state index in [1.165, 1.54) is 6.92 Å². The largest absolute Gasteiger partial charge is 0.463 e. The molecule has 0 amide bonds. The van der Waals surface area contributed by atoms with E-state index in [1.54, 1.807) is 0 Å². The molecule has 0 aromatic carbocycles. The first-order valence-corrected chi connectivity index (χ1v) is 4.41. The molecule has 8 heteroatoms. The monoisotopic (exact) mass is 241 g/mol. The number of aliphatic hydroxyl groups is 1. The number of hydrogen-bond acceptors (Lipinski definition) is 5. The number of ether oxygens (including phenoxy) is 2. The summed E-state index contributed by atoms with van der Waals surface area (Å²) in [6.45, 7) is 2.41. The maximum Gasteiger partial charge on any atom is 0.443 e. The molecular formula is C8H10F3NO4. The van der Waals surface area contributed by atoms with Gasteiger partial charge in [-0.15, -0.1) is 0 Å². The predicted molar refractivity (Wildman–Crippen MR) is 45.6 cm³/mol. The Kier molecular flexibility index (Phi) is 3.13. The SMILES string of the molecule is CCOC(=O)C1OC(C)=NC1(O)C(F)(F)F. The van der Waals surface area contributed by atoms with Gasteiger partial charge < -0.3 is 14.6 Å². The van der Waals surface area contributed by atoms with Crippen molar-refractivity contribution < 1.29 is 32.5 Å². The van der Waals surface area contributed by atoms with E-state index in [4.69, 9.17) is 0 Å². The lowest BCUT2D eigenvalue weighted by Crippen LogP contribution is -2.54. The molecule has 1 rings (SSSR count). The van der Waals surface area contributed by atoms with Crippen LogP contribution in [0.5, 0.6) is 0 Å². The number of hydrogen-bond donors (Lipinski definition) is 1. The van der Waals surface area contributed by atoms with Gasteiger partial charge in [-0.3, -0.25) is 0 Å². The molecule has 2 atom stereocenters. The van der Waals surface area contributed by atoms with Gasteiger partial charge >= 0.3 is 17.9 Å². The summed E-state index contributed by atoms with van der Waals surface area (Å²) in [6, 6.07) is 0. The third kappa shape index (κ3) is 1.97. The number of carbonyl (C=O) groups is 1. The average molecular weight is 241 g/mol. The maximum absolute atomic E-state index is 12.5. The molecule has 0 aromatic heterocycles. The van der Waals surface area contributed by atoms with Crippen LogP contribution in [0.3, 0.4) is 0 Å². The molecule has 0 fully saturated rings. The summed E-state index contributed by atoms with van der Waals surface area (Å²) < 4.78 is 46.5. The van der Waals surface area contributed by atoms with E-state index in [9.17, 15) is 23.1 Å². The van der Waals surface area contributed by atoms with Crippen LogP contribution in [0, 0.1) is 0 Å². The topological polar surface area (TPSA) is 68.1 Å². The third-order valence-electron chi connectivity index (χ3n) is 1.90. The second kappa shape index (κ2) is 3.93. The summed E-state index contributed by atoms with van der Waals surface area (Å²) in [5, 5.41) is 9.32. The van der Waals surface area contributed by atoms with Crippen LogP contribution < -0.4 is 0 Å². The smallest absolute Gasteiger partial charge is 0.443 e. The Morgan fingerprint density at radius 2 is 2.25 bits per heavy atom. The zero-order valence-corrected chi connectivity index (χ0v) is 8.54. The van der Waals surface area contributed by atoms with Crippen LogP contribution in [0.15, 0.2) is 4.99 Å². The maximum atomic E-state index is 12.5. The number of carbonyl (C=O) groups excluding carboxylic acids is 1. The van der Waals surface area contributed by atoms with Crippen molar-refractivity contribution >= 4 is 11.9 Å². The Labute approximate surface area is 88.9 Å². The summed E-state index contributed by atoms with van der Waals surface area (Å²) in [4.78, 5) is 14.1. The fourth-order valence-electron chi connectivity index (χ4n) is 1.22. The summed E-state index contributed by atoms with van der Waals surface area (Å²) in [5.41, 5.74) is -3.57. The first kappa shape index (κ1) is 12.8. The number of rotatable bonds is 2. The van der Waals surface area contributed by atoms with Gasteiger partial charge in [-0.1, -0.05) is 0 Å². The van der Waals surface area contributed by atoms with Crippen molar-refractivity contribution in [1.82, 2.24) is 0 Å². The van der Waals surface area contributed by atoms with Crippen LogP contribution in [0.2, 0.25) is 0 Å². The highest BCUT2D eigenvalue weighted by Crippen LogP contribution is 2.39. The van der Waals surface area contributed by atoms with E-state index in [0.29, 0.717) is 0 Å². The van der Waals surface area contributed by atoms with Gasteiger partial charge in [0.2, 0.25) is 0 Å². The summed E-state index contributed by atoms with van der Waals surface area (Å²) in [5.74, 6) is -1.72. The lowest BCUT2D eigenvalue weighted by molar-refractivity contribution is -0.276. The number of aliphatic imine (C=N–C) groups is 1. The molecule has 1 N–H and O–H groups in total. The number of esters is 1. The molecule has 2 unspecified atom stereocenters. The second-order valence-electron chi connectivity index (χ2n) is 3.10. The molecule has 0 aromatic rings. The molecule has 1 aliphatic heterocycles. The molecule has 92 valence electrons. The van der Waals surface area contributed by atoms with Gasteiger partial charge in [0.15, 0.2) is 5.90 Å². The van der Waals surface area contributed by atoms with Crippen LogP contribution >= 0.6 is 0 Å². The van der Waals surface area contributed by atoms with E-state index < -0.39 is 29.9 Å². The standard InChI is InChI=1S/C8H10F3NO4/c1-3-15-6(13)5-7(14,8(9,10)11)12-4(2)16-5/h5,14H,3H2,1-2H3. The van der Waals surface area contributed by atoms with Gasteiger partial charge in [-0.25, -0.2) is 9.79 Å². The van der Waals surface area contributed by atoms with Gasteiger partial charge in [-0.05, 0) is 6.92 Å². The van der Waals surface area contributed by atoms with Crippen molar-refractivity contribution in [3.63, 3.8) is 0 Å². The summed E-state index contributed by atoms with van der Waals surface area (Å²) >= 11 is 0. The Morgan fingerprint density at radius 1 is 1.69 bits per heavy atom. The second-order valence-corrected chi connectivity index (χ2v) is 3.10. The van der Waals surface area contributed by atoms with Gasteiger partial charge in [-0.2, -0.15) is 13.2 Å². The molecule has 0 radical (unpaired) electrons. The zero-order chi connectivity index (χ0) is 12.6. The van der Waals surface area contributed by atoms with Crippen LogP contribution in [-0.2, 0) is 14.3 Å². The van der Waals surface area contributed by atoms with Gasteiger partial charge in [0.1, 0.15) is 0 Å². The van der Waals surface area contributed by atoms with Gasteiger partial charge in [0.05, 0.1) is 6.61 Å². The van der Waals surface area contributed by atoms with Crippen LogP contribution in [0.25, 0.3) is 0 Å². The fraction of sp³-hybridized carbons (Fsp3) is 0.750. The highest BCUT2D eigenvalue weighted by atomic mass is 19.4. The zero-order valence-electron chi connectivity index (χ0n) is 8.54. The lowest BCUT2D eigenvalue weighted by atomic mass is 10.1. The van der Waals surface area contributed by atoms with E-state index in [-0.39, 0.29) is 6.61 Å². The van der Waals surface area contributed by atoms with E-state index >= 15 is 0 Å². The first-order chi connectivity index (χ1) is 7.22. The van der Waals surface area contributed by atoms with E-state index in [2.05, 4.69) is 14.5 Å². The highest BCUT2D eigenvalue weighted by molar-refractivity contribution is 5.85. The van der Waals surface area contributed by atoms with Gasteiger partial charge in [0, 0.05) is 6.92 Å². The molecule has 0 aliphatic carbocycles. The Bertz CT molecular complexity index is 328. The molecule has 0 saturated heterocycles. The Hall–Kier alpha value is -1.31. The quantitative estimate of drug-likeness (QED) is 0.719. The number of alkyl halides is 3. The fourth-order valence-corrected chi connectivity index (χ4v) is 1.22. The molecule has 0 spiro atoms. The first-order valence-electron chi connectivity index (χ1n) is 4.41.